The van der Waals surface area contributed by atoms with Gasteiger partial charge in [0.2, 0.25) is 0 Å². The number of anilines is 1. The summed E-state index contributed by atoms with van der Waals surface area (Å²) in [5.74, 6) is -0.736. The average molecular weight is 309 g/mol. The molecule has 5 nitrogen and oxygen atoms in total. The third-order valence-electron chi connectivity index (χ3n) is 3.15. The molecule has 0 bridgehead atoms. The van der Waals surface area contributed by atoms with Gasteiger partial charge in [-0.3, -0.25) is 9.69 Å². The Hall–Kier alpha value is -1.88. The van der Waals surface area contributed by atoms with Crippen LogP contribution >= 0.6 is 0 Å². The molecule has 0 N–H and O–H groups in total. The molecule has 124 valence electrons. The minimum absolute atomic E-state index is 0.0882. The first-order valence-corrected chi connectivity index (χ1v) is 7.39. The van der Waals surface area contributed by atoms with E-state index in [-0.39, 0.29) is 12.5 Å². The summed E-state index contributed by atoms with van der Waals surface area (Å²) in [6, 6.07) is 5.01. The van der Waals surface area contributed by atoms with E-state index in [9.17, 15) is 9.59 Å². The first kappa shape index (κ1) is 20.1. The normalized spacial score (nSPS) is 11.0. The summed E-state index contributed by atoms with van der Waals surface area (Å²) in [5, 5.41) is 0. The van der Waals surface area contributed by atoms with Crippen molar-refractivity contribution >= 4 is 17.6 Å². The minimum atomic E-state index is -0.706. The van der Waals surface area contributed by atoms with Gasteiger partial charge in [0.25, 0.3) is 5.91 Å². The predicted octanol–water partition coefficient (Wildman–Crippen LogP) is 2.87. The number of nitrogens with zero attached hydrogens (tertiary/aromatic N) is 1. The summed E-state index contributed by atoms with van der Waals surface area (Å²) in [6.45, 7) is 9.36. The van der Waals surface area contributed by atoms with Crippen molar-refractivity contribution in [3.8, 4) is 0 Å². The van der Waals surface area contributed by atoms with Crippen molar-refractivity contribution in [2.75, 3.05) is 25.7 Å². The number of aryl methyl sites for hydroxylation is 2. The Morgan fingerprint density at radius 1 is 1.14 bits per heavy atom. The van der Waals surface area contributed by atoms with E-state index in [1.807, 2.05) is 45.9 Å². The van der Waals surface area contributed by atoms with Gasteiger partial charge in [-0.25, -0.2) is 4.79 Å². The molecular weight excluding hydrogens is 282 g/mol. The maximum Gasteiger partial charge on any atom is 0.328 e. The Bertz CT molecular complexity index is 479. The predicted molar refractivity (Wildman–Crippen MR) is 88.1 cm³/mol. The van der Waals surface area contributed by atoms with Crippen LogP contribution in [0.2, 0.25) is 0 Å². The van der Waals surface area contributed by atoms with Gasteiger partial charge in [0.05, 0.1) is 12.8 Å². The molecule has 1 aromatic rings. The minimum Gasteiger partial charge on any atom is -0.467 e. The van der Waals surface area contributed by atoms with Crippen LogP contribution in [0, 0.1) is 13.8 Å². The first-order valence-electron chi connectivity index (χ1n) is 7.39. The molecule has 0 aliphatic heterocycles. The van der Waals surface area contributed by atoms with Crippen LogP contribution in [0.3, 0.4) is 0 Å². The number of rotatable bonds is 5. The summed E-state index contributed by atoms with van der Waals surface area (Å²) in [7, 11) is 2.76. The molecule has 0 saturated heterocycles. The molecule has 5 heteroatoms. The van der Waals surface area contributed by atoms with Crippen LogP contribution in [0.5, 0.6) is 0 Å². The van der Waals surface area contributed by atoms with Crippen molar-refractivity contribution in [2.45, 2.75) is 40.7 Å². The highest BCUT2D eigenvalue weighted by Crippen LogP contribution is 2.27. The van der Waals surface area contributed by atoms with E-state index in [0.717, 1.165) is 16.8 Å². The number of para-hydroxylation sites is 1. The van der Waals surface area contributed by atoms with Gasteiger partial charge in [-0.05, 0) is 31.9 Å². The lowest BCUT2D eigenvalue weighted by Crippen LogP contribution is -2.46. The van der Waals surface area contributed by atoms with Gasteiger partial charge in [0.15, 0.2) is 0 Å². The molecule has 0 fully saturated rings. The zero-order valence-electron chi connectivity index (χ0n) is 14.6. The lowest BCUT2D eigenvalue weighted by atomic mass is 10.1. The Balaban J connectivity index is 0.00000211. The van der Waals surface area contributed by atoms with E-state index in [1.54, 1.807) is 6.92 Å². The second-order valence-corrected chi connectivity index (χ2v) is 4.64. The number of hydrogen-bond acceptors (Lipinski definition) is 4. The number of esters is 1. The topological polar surface area (TPSA) is 55.8 Å². The van der Waals surface area contributed by atoms with Crippen LogP contribution in [0.25, 0.3) is 0 Å². The summed E-state index contributed by atoms with van der Waals surface area (Å²) < 4.78 is 9.65. The maximum absolute atomic E-state index is 12.3. The monoisotopic (exact) mass is 309 g/mol. The smallest absolute Gasteiger partial charge is 0.328 e. The summed E-state index contributed by atoms with van der Waals surface area (Å²) >= 11 is 0. The number of benzene rings is 1. The molecule has 0 aliphatic carbocycles. The fourth-order valence-electron chi connectivity index (χ4n) is 2.19. The average Bonchev–Trinajstić information content (AvgIpc) is 2.51. The quantitative estimate of drug-likeness (QED) is 0.785. The van der Waals surface area contributed by atoms with E-state index >= 15 is 0 Å². The van der Waals surface area contributed by atoms with Gasteiger partial charge < -0.3 is 9.47 Å². The van der Waals surface area contributed by atoms with Crippen LogP contribution in [0.15, 0.2) is 18.2 Å². The standard InChI is InChI=1S/C15H21NO4.C2H6/c1-10-7-6-8-11(2)14(10)16(13(17)9-19-4)12(3)15(18)20-5;1-2/h6-8,12H,9H2,1-5H3;1-2H3. The lowest BCUT2D eigenvalue weighted by molar-refractivity contribution is -0.143. The van der Waals surface area contributed by atoms with E-state index < -0.39 is 12.0 Å². The Kier molecular flexibility index (Phi) is 9.10. The number of ether oxygens (including phenoxy) is 2. The third-order valence-corrected chi connectivity index (χ3v) is 3.15. The molecule has 1 aromatic carbocycles. The van der Waals surface area contributed by atoms with Crippen LogP contribution in [-0.4, -0.2) is 38.7 Å². The number of amides is 1. The second kappa shape index (κ2) is 9.95. The molecule has 22 heavy (non-hydrogen) atoms. The van der Waals surface area contributed by atoms with Crippen molar-refractivity contribution < 1.29 is 19.1 Å². The fourth-order valence-corrected chi connectivity index (χ4v) is 2.19. The van der Waals surface area contributed by atoms with E-state index in [2.05, 4.69) is 0 Å². The zero-order chi connectivity index (χ0) is 17.3. The fraction of sp³-hybridized carbons (Fsp3) is 0.529. The molecule has 0 spiro atoms. The van der Waals surface area contributed by atoms with Crippen molar-refractivity contribution in [1.82, 2.24) is 0 Å². The van der Waals surface area contributed by atoms with Crippen molar-refractivity contribution in [3.05, 3.63) is 29.3 Å². The molecule has 0 radical (unpaired) electrons. The third kappa shape index (κ3) is 4.84. The number of carbonyl (C=O) groups is 2. The van der Waals surface area contributed by atoms with Gasteiger partial charge in [0.1, 0.15) is 12.6 Å². The summed E-state index contributed by atoms with van der Waals surface area (Å²) in [6.07, 6.45) is 0. The molecule has 0 aromatic heterocycles. The molecule has 0 aliphatic rings. The van der Waals surface area contributed by atoms with Crippen LogP contribution in [0.4, 0.5) is 5.69 Å². The Morgan fingerprint density at radius 3 is 2.05 bits per heavy atom. The first-order chi connectivity index (χ1) is 10.4. The zero-order valence-corrected chi connectivity index (χ0v) is 14.6. The molecule has 0 saturated carbocycles. The Labute approximate surface area is 133 Å². The molecule has 1 unspecified atom stereocenters. The van der Waals surface area contributed by atoms with Gasteiger partial charge in [-0.2, -0.15) is 0 Å². The number of methoxy groups -OCH3 is 2. The molecule has 1 rings (SSSR count). The van der Waals surface area contributed by atoms with E-state index in [0.29, 0.717) is 0 Å². The highest BCUT2D eigenvalue weighted by atomic mass is 16.5. The summed E-state index contributed by atoms with van der Waals surface area (Å²) in [5.41, 5.74) is 2.57. The van der Waals surface area contributed by atoms with Crippen LogP contribution < -0.4 is 4.90 Å². The number of carbonyl (C=O) groups excluding carboxylic acids is 2. The van der Waals surface area contributed by atoms with E-state index in [1.165, 1.54) is 19.1 Å². The van der Waals surface area contributed by atoms with Crippen LogP contribution in [-0.2, 0) is 19.1 Å². The molecule has 0 heterocycles. The second-order valence-electron chi connectivity index (χ2n) is 4.64. The van der Waals surface area contributed by atoms with E-state index in [4.69, 9.17) is 9.47 Å². The number of hydrogen-bond donors (Lipinski definition) is 0. The van der Waals surface area contributed by atoms with Gasteiger partial charge >= 0.3 is 5.97 Å². The lowest BCUT2D eigenvalue weighted by Gasteiger charge is -2.30. The molecule has 1 amide bonds. The summed E-state index contributed by atoms with van der Waals surface area (Å²) in [4.78, 5) is 25.5. The molecular formula is C17H27NO4. The van der Waals surface area contributed by atoms with Crippen molar-refractivity contribution in [3.63, 3.8) is 0 Å². The van der Waals surface area contributed by atoms with Gasteiger partial charge in [-0.15, -0.1) is 0 Å². The van der Waals surface area contributed by atoms with Crippen molar-refractivity contribution in [1.29, 1.82) is 0 Å². The largest absolute Gasteiger partial charge is 0.467 e. The van der Waals surface area contributed by atoms with Gasteiger partial charge in [0, 0.05) is 7.11 Å². The van der Waals surface area contributed by atoms with Crippen molar-refractivity contribution in [2.24, 2.45) is 0 Å². The Morgan fingerprint density at radius 2 is 1.64 bits per heavy atom. The molecule has 1 atom stereocenters. The highest BCUT2D eigenvalue weighted by molar-refractivity contribution is 6.01. The van der Waals surface area contributed by atoms with Crippen LogP contribution in [0.1, 0.15) is 31.9 Å². The maximum atomic E-state index is 12.3. The SMILES string of the molecule is CC.COCC(=O)N(c1c(C)cccc1C)C(C)C(=O)OC. The van der Waals surface area contributed by atoms with Gasteiger partial charge in [-0.1, -0.05) is 32.0 Å². The highest BCUT2D eigenvalue weighted by Gasteiger charge is 2.29.